The predicted molar refractivity (Wildman–Crippen MR) is 98.6 cm³/mol. The third-order valence-corrected chi connectivity index (χ3v) is 5.02. The standard InChI is InChI=1S/C20H24N4/c1-15(23-12-10-17-7-3-4-8-18(17)23)13-21-14-19-16(2)22-20-9-5-6-11-24(19)20/h3-9,11,15,21H,10,12-14H2,1-2H3. The molecule has 1 N–H and O–H groups in total. The van der Waals surface area contributed by atoms with Gasteiger partial charge in [0.05, 0.1) is 11.4 Å². The molecule has 0 saturated heterocycles. The highest BCUT2D eigenvalue weighted by Crippen LogP contribution is 2.28. The van der Waals surface area contributed by atoms with Crippen LogP contribution in [0.25, 0.3) is 5.65 Å². The van der Waals surface area contributed by atoms with Gasteiger partial charge in [0.15, 0.2) is 0 Å². The van der Waals surface area contributed by atoms with Gasteiger partial charge in [-0.15, -0.1) is 0 Å². The summed E-state index contributed by atoms with van der Waals surface area (Å²) in [6.07, 6.45) is 3.25. The van der Waals surface area contributed by atoms with Crippen LogP contribution in [-0.2, 0) is 13.0 Å². The molecular formula is C20H24N4. The highest BCUT2D eigenvalue weighted by atomic mass is 15.2. The molecule has 4 heteroatoms. The van der Waals surface area contributed by atoms with Crippen LogP contribution < -0.4 is 10.2 Å². The monoisotopic (exact) mass is 320 g/mol. The summed E-state index contributed by atoms with van der Waals surface area (Å²) < 4.78 is 2.18. The van der Waals surface area contributed by atoms with E-state index in [1.165, 1.54) is 16.9 Å². The van der Waals surface area contributed by atoms with Gasteiger partial charge in [-0.25, -0.2) is 4.98 Å². The van der Waals surface area contributed by atoms with Crippen LogP contribution in [-0.4, -0.2) is 28.5 Å². The number of imidazole rings is 1. The van der Waals surface area contributed by atoms with Crippen LogP contribution in [0.2, 0.25) is 0 Å². The molecule has 0 amide bonds. The van der Waals surface area contributed by atoms with Crippen molar-refractivity contribution in [3.05, 3.63) is 65.6 Å². The smallest absolute Gasteiger partial charge is 0.137 e. The second kappa shape index (κ2) is 6.29. The Labute approximate surface area is 143 Å². The van der Waals surface area contributed by atoms with Crippen LogP contribution in [0.1, 0.15) is 23.9 Å². The molecule has 4 nitrogen and oxygen atoms in total. The highest BCUT2D eigenvalue weighted by Gasteiger charge is 2.22. The number of hydrogen-bond donors (Lipinski definition) is 1. The second-order valence-electron chi connectivity index (χ2n) is 6.62. The lowest BCUT2D eigenvalue weighted by Gasteiger charge is -2.27. The third-order valence-electron chi connectivity index (χ3n) is 5.02. The molecule has 0 fully saturated rings. The summed E-state index contributed by atoms with van der Waals surface area (Å²) in [4.78, 5) is 7.15. The molecule has 124 valence electrons. The Morgan fingerprint density at radius 3 is 2.92 bits per heavy atom. The number of anilines is 1. The van der Waals surface area contributed by atoms with E-state index in [1.807, 2.05) is 6.07 Å². The Bertz CT molecular complexity index is 852. The minimum atomic E-state index is 0.480. The fourth-order valence-electron chi connectivity index (χ4n) is 3.71. The van der Waals surface area contributed by atoms with Crippen molar-refractivity contribution < 1.29 is 0 Å². The molecule has 1 unspecified atom stereocenters. The lowest BCUT2D eigenvalue weighted by Crippen LogP contribution is -2.39. The fourth-order valence-corrected chi connectivity index (χ4v) is 3.71. The summed E-state index contributed by atoms with van der Waals surface area (Å²) in [7, 11) is 0. The first-order valence-electron chi connectivity index (χ1n) is 8.72. The number of aryl methyl sites for hydroxylation is 1. The van der Waals surface area contributed by atoms with E-state index in [1.54, 1.807) is 0 Å². The van der Waals surface area contributed by atoms with Crippen LogP contribution in [0, 0.1) is 6.92 Å². The second-order valence-corrected chi connectivity index (χ2v) is 6.62. The van der Waals surface area contributed by atoms with Crippen LogP contribution in [0.15, 0.2) is 48.7 Å². The quantitative estimate of drug-likeness (QED) is 0.784. The van der Waals surface area contributed by atoms with E-state index in [-0.39, 0.29) is 0 Å². The highest BCUT2D eigenvalue weighted by molar-refractivity contribution is 5.58. The molecule has 0 bridgehead atoms. The first-order valence-corrected chi connectivity index (χ1v) is 8.72. The van der Waals surface area contributed by atoms with Gasteiger partial charge in [0, 0.05) is 37.6 Å². The molecule has 4 rings (SSSR count). The first kappa shape index (κ1) is 15.2. The van der Waals surface area contributed by atoms with Gasteiger partial charge in [-0.05, 0) is 44.0 Å². The summed E-state index contributed by atoms with van der Waals surface area (Å²) in [5, 5.41) is 3.63. The van der Waals surface area contributed by atoms with Crippen LogP contribution in [0.4, 0.5) is 5.69 Å². The van der Waals surface area contributed by atoms with E-state index in [0.717, 1.165) is 37.4 Å². The van der Waals surface area contributed by atoms with E-state index in [9.17, 15) is 0 Å². The summed E-state index contributed by atoms with van der Waals surface area (Å²) in [6.45, 7) is 7.32. The van der Waals surface area contributed by atoms with Crippen molar-refractivity contribution in [2.45, 2.75) is 32.9 Å². The Balaban J connectivity index is 1.41. The Morgan fingerprint density at radius 2 is 2.00 bits per heavy atom. The number of fused-ring (bicyclic) bond motifs is 2. The number of aromatic nitrogens is 2. The van der Waals surface area contributed by atoms with E-state index in [0.29, 0.717) is 6.04 Å². The molecule has 1 aromatic carbocycles. The zero-order chi connectivity index (χ0) is 16.5. The minimum Gasteiger partial charge on any atom is -0.367 e. The van der Waals surface area contributed by atoms with Gasteiger partial charge in [-0.3, -0.25) is 0 Å². The van der Waals surface area contributed by atoms with Crippen molar-refractivity contribution in [1.82, 2.24) is 14.7 Å². The number of hydrogen-bond acceptors (Lipinski definition) is 3. The van der Waals surface area contributed by atoms with Gasteiger partial charge < -0.3 is 14.6 Å². The van der Waals surface area contributed by atoms with Crippen molar-refractivity contribution in [2.75, 3.05) is 18.0 Å². The van der Waals surface area contributed by atoms with Crippen molar-refractivity contribution in [3.8, 4) is 0 Å². The molecule has 2 aromatic heterocycles. The number of benzene rings is 1. The summed E-state index contributed by atoms with van der Waals surface area (Å²) in [6, 6.07) is 15.4. The average molecular weight is 320 g/mol. The Hall–Kier alpha value is -2.33. The molecule has 0 saturated carbocycles. The molecule has 24 heavy (non-hydrogen) atoms. The number of nitrogens with one attached hydrogen (secondary N) is 1. The lowest BCUT2D eigenvalue weighted by atomic mass is 10.2. The van der Waals surface area contributed by atoms with Crippen molar-refractivity contribution in [1.29, 1.82) is 0 Å². The minimum absolute atomic E-state index is 0.480. The normalized spacial score (nSPS) is 15.0. The molecule has 1 aliphatic rings. The van der Waals surface area contributed by atoms with E-state index in [4.69, 9.17) is 0 Å². The van der Waals surface area contributed by atoms with Crippen molar-refractivity contribution in [2.24, 2.45) is 0 Å². The molecule has 3 aromatic rings. The number of nitrogens with zero attached hydrogens (tertiary/aromatic N) is 3. The maximum absolute atomic E-state index is 4.63. The third kappa shape index (κ3) is 2.67. The van der Waals surface area contributed by atoms with Crippen molar-refractivity contribution >= 4 is 11.3 Å². The van der Waals surface area contributed by atoms with Crippen LogP contribution in [0.3, 0.4) is 0 Å². The Kier molecular flexibility index (Phi) is 3.98. The van der Waals surface area contributed by atoms with Crippen LogP contribution in [0.5, 0.6) is 0 Å². The molecule has 1 aliphatic heterocycles. The topological polar surface area (TPSA) is 32.6 Å². The zero-order valence-electron chi connectivity index (χ0n) is 14.4. The molecule has 0 aliphatic carbocycles. The number of para-hydroxylation sites is 1. The lowest BCUT2D eigenvalue weighted by molar-refractivity contribution is 0.565. The van der Waals surface area contributed by atoms with E-state index < -0.39 is 0 Å². The van der Waals surface area contributed by atoms with E-state index in [2.05, 4.69) is 76.0 Å². The molecule has 0 spiro atoms. The fraction of sp³-hybridized carbons (Fsp3) is 0.350. The van der Waals surface area contributed by atoms with Crippen molar-refractivity contribution in [3.63, 3.8) is 0 Å². The van der Waals surface area contributed by atoms with Gasteiger partial charge in [0.25, 0.3) is 0 Å². The van der Waals surface area contributed by atoms with Crippen LogP contribution >= 0.6 is 0 Å². The van der Waals surface area contributed by atoms with Gasteiger partial charge in [-0.1, -0.05) is 24.3 Å². The zero-order valence-corrected chi connectivity index (χ0v) is 14.4. The first-order chi connectivity index (χ1) is 11.7. The summed E-state index contributed by atoms with van der Waals surface area (Å²) >= 11 is 0. The van der Waals surface area contributed by atoms with Gasteiger partial charge in [-0.2, -0.15) is 0 Å². The van der Waals surface area contributed by atoms with Gasteiger partial charge >= 0.3 is 0 Å². The number of pyridine rings is 1. The van der Waals surface area contributed by atoms with E-state index >= 15 is 0 Å². The summed E-state index contributed by atoms with van der Waals surface area (Å²) in [5.41, 5.74) is 6.25. The Morgan fingerprint density at radius 1 is 1.17 bits per heavy atom. The predicted octanol–water partition coefficient (Wildman–Crippen LogP) is 3.18. The molecular weight excluding hydrogens is 296 g/mol. The summed E-state index contributed by atoms with van der Waals surface area (Å²) in [5.74, 6) is 0. The maximum atomic E-state index is 4.63. The average Bonchev–Trinajstić information content (AvgIpc) is 3.16. The maximum Gasteiger partial charge on any atom is 0.137 e. The van der Waals surface area contributed by atoms with Gasteiger partial charge in [0.1, 0.15) is 5.65 Å². The number of rotatable bonds is 5. The van der Waals surface area contributed by atoms with Gasteiger partial charge in [0.2, 0.25) is 0 Å². The molecule has 0 radical (unpaired) electrons. The molecule has 3 heterocycles. The SMILES string of the molecule is Cc1nc2ccccn2c1CNCC(C)N1CCc2ccccc21. The largest absolute Gasteiger partial charge is 0.367 e. The molecule has 1 atom stereocenters.